The van der Waals surface area contributed by atoms with E-state index in [9.17, 15) is 8.42 Å². The average molecular weight is 191 g/mol. The summed E-state index contributed by atoms with van der Waals surface area (Å²) in [5, 5.41) is 0.924. The van der Waals surface area contributed by atoms with Crippen molar-refractivity contribution in [2.24, 2.45) is 0 Å². The summed E-state index contributed by atoms with van der Waals surface area (Å²) < 4.78 is 29.3. The van der Waals surface area contributed by atoms with Crippen molar-refractivity contribution in [3.63, 3.8) is 0 Å². The smallest absolute Gasteiger partial charge is 0.233 e. The minimum absolute atomic E-state index is 0.0259. The zero-order chi connectivity index (χ0) is 9.19. The van der Waals surface area contributed by atoms with E-state index >= 15 is 0 Å². The molecule has 0 radical (unpaired) electrons. The Morgan fingerprint density at radius 2 is 2.17 bits per heavy atom. The Morgan fingerprint density at radius 3 is 2.58 bits per heavy atom. The molecule has 0 amide bonds. The second-order valence-electron chi connectivity index (χ2n) is 2.86. The van der Waals surface area contributed by atoms with E-state index < -0.39 is 10.0 Å². The number of methoxy groups -OCH3 is 1. The summed E-state index contributed by atoms with van der Waals surface area (Å²) in [6.07, 6.45) is 1.72. The largest absolute Gasteiger partial charge is 0.381 e. The van der Waals surface area contributed by atoms with Crippen molar-refractivity contribution in [1.29, 1.82) is 0 Å². The van der Waals surface area contributed by atoms with Crippen LogP contribution in [0.1, 0.15) is 12.8 Å². The predicted octanol–water partition coefficient (Wildman–Crippen LogP) is 0.227. The molecule has 1 aliphatic carbocycles. The van der Waals surface area contributed by atoms with E-state index in [0.29, 0.717) is 0 Å². The minimum atomic E-state index is -3.25. The van der Waals surface area contributed by atoms with Crippen molar-refractivity contribution >= 4 is 10.0 Å². The van der Waals surface area contributed by atoms with E-state index in [0.717, 1.165) is 18.2 Å². The van der Waals surface area contributed by atoms with Crippen molar-refractivity contribution < 1.29 is 13.2 Å². The van der Waals surface area contributed by atoms with Gasteiger partial charge in [-0.1, -0.05) is 6.58 Å². The molecule has 0 spiro atoms. The highest BCUT2D eigenvalue weighted by Crippen LogP contribution is 2.23. The third-order valence-electron chi connectivity index (χ3n) is 1.98. The van der Waals surface area contributed by atoms with Crippen LogP contribution in [0.25, 0.3) is 0 Å². The Morgan fingerprint density at radius 1 is 1.58 bits per heavy atom. The lowest BCUT2D eigenvalue weighted by atomic mass is 9.90. The number of ether oxygens (including phenoxy) is 1. The zero-order valence-electron chi connectivity index (χ0n) is 6.99. The molecule has 0 heterocycles. The van der Waals surface area contributed by atoms with E-state index in [2.05, 4.69) is 11.3 Å². The molecule has 1 fully saturated rings. The molecule has 70 valence electrons. The molecule has 0 unspecified atom stereocenters. The molecule has 4 nitrogen and oxygen atoms in total. The Balaban J connectivity index is 2.32. The van der Waals surface area contributed by atoms with Gasteiger partial charge >= 0.3 is 0 Å². The first-order chi connectivity index (χ1) is 5.57. The minimum Gasteiger partial charge on any atom is -0.381 e. The van der Waals surface area contributed by atoms with Crippen LogP contribution in [0.4, 0.5) is 0 Å². The Kier molecular flexibility index (Phi) is 2.87. The first-order valence-corrected chi connectivity index (χ1v) is 5.29. The topological polar surface area (TPSA) is 55.4 Å². The highest BCUT2D eigenvalue weighted by atomic mass is 32.2. The van der Waals surface area contributed by atoms with Gasteiger partial charge in [0.25, 0.3) is 0 Å². The second kappa shape index (κ2) is 3.55. The van der Waals surface area contributed by atoms with Crippen molar-refractivity contribution in [2.45, 2.75) is 25.0 Å². The molecule has 1 aliphatic rings. The quantitative estimate of drug-likeness (QED) is 0.692. The van der Waals surface area contributed by atoms with Gasteiger partial charge in [-0.2, -0.15) is 0 Å². The summed E-state index contributed by atoms with van der Waals surface area (Å²) >= 11 is 0. The number of sulfonamides is 1. The molecule has 0 aromatic heterocycles. The van der Waals surface area contributed by atoms with Gasteiger partial charge in [0, 0.05) is 18.6 Å². The van der Waals surface area contributed by atoms with Crippen LogP contribution in [0.2, 0.25) is 0 Å². The second-order valence-corrected chi connectivity index (χ2v) is 4.51. The normalized spacial score (nSPS) is 29.4. The lowest BCUT2D eigenvalue weighted by molar-refractivity contribution is 0.0237. The lowest BCUT2D eigenvalue weighted by Gasteiger charge is -2.33. The molecule has 0 aromatic rings. The highest BCUT2D eigenvalue weighted by Gasteiger charge is 2.31. The Hall–Kier alpha value is -0.390. The zero-order valence-corrected chi connectivity index (χ0v) is 7.80. The van der Waals surface area contributed by atoms with Gasteiger partial charge in [0.1, 0.15) is 0 Å². The maximum absolute atomic E-state index is 10.9. The third kappa shape index (κ3) is 2.30. The van der Waals surface area contributed by atoms with E-state index in [4.69, 9.17) is 4.74 Å². The van der Waals surface area contributed by atoms with Crippen molar-refractivity contribution in [3.05, 3.63) is 12.0 Å². The van der Waals surface area contributed by atoms with Gasteiger partial charge in [-0.25, -0.2) is 13.1 Å². The molecular formula is C7H13NO3S. The summed E-state index contributed by atoms with van der Waals surface area (Å²) in [6.45, 7) is 3.20. The molecule has 1 rings (SSSR count). The van der Waals surface area contributed by atoms with Crippen LogP contribution in [0.3, 0.4) is 0 Å². The van der Waals surface area contributed by atoms with Gasteiger partial charge in [-0.15, -0.1) is 0 Å². The molecule has 0 bridgehead atoms. The predicted molar refractivity (Wildman–Crippen MR) is 46.1 cm³/mol. The van der Waals surface area contributed by atoms with Crippen LogP contribution in [-0.2, 0) is 14.8 Å². The van der Waals surface area contributed by atoms with Gasteiger partial charge < -0.3 is 4.74 Å². The Bertz CT molecular complexity index is 254. The van der Waals surface area contributed by atoms with Gasteiger partial charge in [0.15, 0.2) is 0 Å². The van der Waals surface area contributed by atoms with Crippen molar-refractivity contribution in [1.82, 2.24) is 4.72 Å². The fourth-order valence-corrected chi connectivity index (χ4v) is 1.89. The monoisotopic (exact) mass is 191 g/mol. The molecule has 0 saturated heterocycles. The molecule has 0 atom stereocenters. The van der Waals surface area contributed by atoms with Crippen molar-refractivity contribution in [3.8, 4) is 0 Å². The molecular weight excluding hydrogens is 178 g/mol. The summed E-state index contributed by atoms with van der Waals surface area (Å²) in [5.74, 6) is 0. The number of hydrogen-bond acceptors (Lipinski definition) is 3. The van der Waals surface area contributed by atoms with Crippen LogP contribution in [0.15, 0.2) is 12.0 Å². The average Bonchev–Trinajstić information content (AvgIpc) is 1.96. The van der Waals surface area contributed by atoms with Gasteiger partial charge in [-0.3, -0.25) is 0 Å². The lowest BCUT2D eigenvalue weighted by Crippen LogP contribution is -2.46. The van der Waals surface area contributed by atoms with E-state index in [1.54, 1.807) is 7.11 Å². The van der Waals surface area contributed by atoms with Crippen LogP contribution < -0.4 is 4.72 Å². The molecule has 0 aromatic carbocycles. The van der Waals surface area contributed by atoms with E-state index in [-0.39, 0.29) is 12.1 Å². The number of nitrogens with one attached hydrogen (secondary N) is 1. The van der Waals surface area contributed by atoms with Crippen LogP contribution in [0, 0.1) is 0 Å². The maximum Gasteiger partial charge on any atom is 0.233 e. The Labute approximate surface area is 72.7 Å². The molecule has 1 N–H and O–H groups in total. The molecule has 1 saturated carbocycles. The highest BCUT2D eigenvalue weighted by molar-refractivity contribution is 7.92. The number of hydrogen-bond donors (Lipinski definition) is 1. The van der Waals surface area contributed by atoms with Gasteiger partial charge in [0.2, 0.25) is 10.0 Å². The summed E-state index contributed by atoms with van der Waals surface area (Å²) in [7, 11) is -1.63. The SMILES string of the molecule is C=CS(=O)(=O)NC1CC(OC)C1. The fraction of sp³-hybridized carbons (Fsp3) is 0.714. The summed E-state index contributed by atoms with van der Waals surface area (Å²) in [5.41, 5.74) is 0. The van der Waals surface area contributed by atoms with Crippen LogP contribution in [-0.4, -0.2) is 27.7 Å². The van der Waals surface area contributed by atoms with Crippen molar-refractivity contribution in [2.75, 3.05) is 7.11 Å². The fourth-order valence-electron chi connectivity index (χ4n) is 1.13. The maximum atomic E-state index is 10.9. The molecule has 0 aliphatic heterocycles. The van der Waals surface area contributed by atoms with Gasteiger partial charge in [0.05, 0.1) is 6.10 Å². The summed E-state index contributed by atoms with van der Waals surface area (Å²) in [6, 6.07) is 0.0259. The standard InChI is InChI=1S/C7H13NO3S/c1-3-12(9,10)8-6-4-7(5-6)11-2/h3,6-8H,1,4-5H2,2H3. The number of rotatable bonds is 4. The first kappa shape index (κ1) is 9.70. The molecule has 12 heavy (non-hydrogen) atoms. The first-order valence-electron chi connectivity index (χ1n) is 3.75. The van der Waals surface area contributed by atoms with Crippen LogP contribution >= 0.6 is 0 Å². The van der Waals surface area contributed by atoms with Crippen LogP contribution in [0.5, 0.6) is 0 Å². The third-order valence-corrected chi connectivity index (χ3v) is 3.08. The molecule has 5 heteroatoms. The van der Waals surface area contributed by atoms with Gasteiger partial charge in [-0.05, 0) is 12.8 Å². The van der Waals surface area contributed by atoms with E-state index in [1.807, 2.05) is 0 Å². The summed E-state index contributed by atoms with van der Waals surface area (Å²) in [4.78, 5) is 0. The van der Waals surface area contributed by atoms with E-state index in [1.165, 1.54) is 0 Å².